The Labute approximate surface area is 187 Å². The molecule has 0 saturated heterocycles. The minimum absolute atomic E-state index is 0.310. The van der Waals surface area contributed by atoms with E-state index in [4.69, 9.17) is 0 Å². The topological polar surface area (TPSA) is 9.23 Å². The summed E-state index contributed by atoms with van der Waals surface area (Å²) in [6, 6.07) is 8.58. The Kier molecular flexibility index (Phi) is 7.22. The molecule has 0 amide bonds. The first-order valence-electron chi connectivity index (χ1n) is 11.7. The van der Waals surface area contributed by atoms with Crippen LogP contribution in [0.4, 0.5) is 17.6 Å². The fourth-order valence-electron chi connectivity index (χ4n) is 4.98. The van der Waals surface area contributed by atoms with Crippen LogP contribution in [0.5, 0.6) is 5.75 Å². The quantitative estimate of drug-likeness (QED) is 0.319. The highest BCUT2D eigenvalue weighted by molar-refractivity contribution is 5.30. The second-order valence-corrected chi connectivity index (χ2v) is 9.21. The summed E-state index contributed by atoms with van der Waals surface area (Å²) in [4.78, 5) is 0. The van der Waals surface area contributed by atoms with E-state index in [1.165, 1.54) is 44.2 Å². The molecule has 0 N–H and O–H groups in total. The van der Waals surface area contributed by atoms with Crippen molar-refractivity contribution in [2.75, 3.05) is 0 Å². The van der Waals surface area contributed by atoms with Crippen molar-refractivity contribution in [2.24, 2.45) is 11.8 Å². The molecule has 0 heterocycles. The molecule has 2 aliphatic rings. The summed E-state index contributed by atoms with van der Waals surface area (Å²) in [5.41, 5.74) is 0.752. The van der Waals surface area contributed by atoms with Crippen LogP contribution < -0.4 is 4.74 Å². The summed E-state index contributed by atoms with van der Waals surface area (Å²) in [5, 5.41) is 0. The Balaban J connectivity index is 1.32. The smallest absolute Gasteiger partial charge is 0.426 e. The van der Waals surface area contributed by atoms with Crippen molar-refractivity contribution in [2.45, 2.75) is 69.8 Å². The molecule has 1 nitrogen and oxygen atoms in total. The molecule has 2 fully saturated rings. The summed E-state index contributed by atoms with van der Waals surface area (Å²) in [5.74, 6) is -0.991. The van der Waals surface area contributed by atoms with E-state index >= 15 is 0 Å². The Morgan fingerprint density at radius 3 is 1.97 bits per heavy atom. The minimum Gasteiger partial charge on any atom is -0.429 e. The molecule has 2 aromatic carbocycles. The molecule has 4 rings (SSSR count). The van der Waals surface area contributed by atoms with E-state index in [2.05, 4.69) is 16.9 Å². The maximum Gasteiger partial charge on any atom is 0.426 e. The molecule has 0 atom stereocenters. The summed E-state index contributed by atoms with van der Waals surface area (Å²) in [6.45, 7) is 0. The summed E-state index contributed by atoms with van der Waals surface area (Å²) >= 11 is 0. The highest BCUT2D eigenvalue weighted by Crippen LogP contribution is 2.38. The van der Waals surface area contributed by atoms with Gasteiger partial charge in [0.25, 0.3) is 0 Å². The molecular formula is C27H30F4O. The van der Waals surface area contributed by atoms with Gasteiger partial charge in [-0.05, 0) is 86.1 Å². The number of rotatable bonds is 6. The van der Waals surface area contributed by atoms with Crippen molar-refractivity contribution >= 4 is 0 Å². The van der Waals surface area contributed by atoms with Crippen LogP contribution >= 0.6 is 0 Å². The maximum atomic E-state index is 14.5. The lowest BCUT2D eigenvalue weighted by atomic mass is 9.78. The predicted octanol–water partition coefficient (Wildman–Crippen LogP) is 8.50. The maximum absolute atomic E-state index is 14.5. The molecule has 2 aromatic rings. The zero-order chi connectivity index (χ0) is 22.6. The number of hydrogen-bond donors (Lipinski definition) is 0. The van der Waals surface area contributed by atoms with Gasteiger partial charge in [-0.2, -0.15) is 8.78 Å². The predicted molar refractivity (Wildman–Crippen MR) is 118 cm³/mol. The van der Waals surface area contributed by atoms with Crippen molar-refractivity contribution in [1.29, 1.82) is 0 Å². The second-order valence-electron chi connectivity index (χ2n) is 9.21. The largest absolute Gasteiger partial charge is 0.429 e. The van der Waals surface area contributed by atoms with Gasteiger partial charge in [-0.3, -0.25) is 0 Å². The van der Waals surface area contributed by atoms with Crippen LogP contribution in [-0.4, -0.2) is 0 Å². The van der Waals surface area contributed by atoms with Crippen LogP contribution in [0, 0.1) is 23.5 Å². The molecule has 0 aliphatic heterocycles. The van der Waals surface area contributed by atoms with Gasteiger partial charge in [-0.25, -0.2) is 8.78 Å². The Morgan fingerprint density at radius 1 is 0.719 bits per heavy atom. The average molecular weight is 447 g/mol. The summed E-state index contributed by atoms with van der Waals surface area (Å²) in [6.07, 6.45) is 12.3. The Hall–Kier alpha value is -2.30. The van der Waals surface area contributed by atoms with E-state index in [1.807, 2.05) is 0 Å². The molecule has 172 valence electrons. The molecule has 0 unspecified atom stereocenters. The monoisotopic (exact) mass is 446 g/mol. The molecule has 0 radical (unpaired) electrons. The highest BCUT2D eigenvalue weighted by atomic mass is 19.3. The number of hydrogen-bond acceptors (Lipinski definition) is 1. The van der Waals surface area contributed by atoms with E-state index in [0.717, 1.165) is 49.3 Å². The first-order valence-corrected chi connectivity index (χ1v) is 11.7. The van der Waals surface area contributed by atoms with E-state index in [0.29, 0.717) is 17.9 Å². The van der Waals surface area contributed by atoms with Gasteiger partial charge in [-0.15, -0.1) is 0 Å². The van der Waals surface area contributed by atoms with Crippen molar-refractivity contribution < 1.29 is 22.3 Å². The normalized spacial score (nSPS) is 22.9. The van der Waals surface area contributed by atoms with Gasteiger partial charge in [0, 0.05) is 6.07 Å². The van der Waals surface area contributed by atoms with Crippen molar-refractivity contribution in [3.05, 3.63) is 77.4 Å². The zero-order valence-corrected chi connectivity index (χ0v) is 18.2. The van der Waals surface area contributed by atoms with Gasteiger partial charge >= 0.3 is 6.11 Å². The van der Waals surface area contributed by atoms with Crippen LogP contribution in [-0.2, 0) is 6.11 Å². The van der Waals surface area contributed by atoms with E-state index < -0.39 is 23.5 Å². The summed E-state index contributed by atoms with van der Waals surface area (Å²) < 4.78 is 59.9. The zero-order valence-electron chi connectivity index (χ0n) is 18.2. The van der Waals surface area contributed by atoms with Gasteiger partial charge in [0.15, 0.2) is 11.6 Å². The van der Waals surface area contributed by atoms with Crippen molar-refractivity contribution in [3.63, 3.8) is 0 Å². The van der Waals surface area contributed by atoms with Gasteiger partial charge < -0.3 is 4.74 Å². The Morgan fingerprint density at radius 2 is 1.34 bits per heavy atom. The van der Waals surface area contributed by atoms with E-state index in [1.54, 1.807) is 12.1 Å². The molecule has 0 aromatic heterocycles. The highest BCUT2D eigenvalue weighted by Gasteiger charge is 2.35. The van der Waals surface area contributed by atoms with Gasteiger partial charge in [0.1, 0.15) is 5.75 Å². The number of benzene rings is 2. The standard InChI is InChI=1S/C27H30F4O/c28-25-17-16-24(18-26(25)29)32-27(30,31)23-14-12-22(13-15-23)21-10-8-20(9-11-21)7-6-19-4-2-1-3-5-19/h6-7,12-21H,1-5,8-11H2/b7-6+. The molecule has 32 heavy (non-hydrogen) atoms. The molecular weight excluding hydrogens is 416 g/mol. The van der Waals surface area contributed by atoms with E-state index in [9.17, 15) is 17.6 Å². The first kappa shape index (κ1) is 22.9. The lowest BCUT2D eigenvalue weighted by Crippen LogP contribution is -2.22. The molecule has 0 spiro atoms. The first-order chi connectivity index (χ1) is 15.4. The van der Waals surface area contributed by atoms with Crippen LogP contribution in [0.1, 0.15) is 74.8 Å². The minimum atomic E-state index is -3.63. The molecule has 0 bridgehead atoms. The van der Waals surface area contributed by atoms with Crippen LogP contribution in [0.25, 0.3) is 0 Å². The molecule has 2 saturated carbocycles. The number of allylic oxidation sites excluding steroid dienone is 2. The third-order valence-electron chi connectivity index (χ3n) is 6.93. The van der Waals surface area contributed by atoms with Crippen LogP contribution in [0.2, 0.25) is 0 Å². The molecule has 2 aliphatic carbocycles. The fraction of sp³-hybridized carbons (Fsp3) is 0.481. The number of alkyl halides is 2. The lowest BCUT2D eigenvalue weighted by Gasteiger charge is -2.28. The van der Waals surface area contributed by atoms with Gasteiger partial charge in [0.2, 0.25) is 0 Å². The number of halogens is 4. The third-order valence-corrected chi connectivity index (χ3v) is 6.93. The average Bonchev–Trinajstić information content (AvgIpc) is 2.81. The Bertz CT molecular complexity index is 908. The van der Waals surface area contributed by atoms with Crippen LogP contribution in [0.3, 0.4) is 0 Å². The summed E-state index contributed by atoms with van der Waals surface area (Å²) in [7, 11) is 0. The number of ether oxygens (including phenoxy) is 1. The van der Waals surface area contributed by atoms with Gasteiger partial charge in [-0.1, -0.05) is 43.5 Å². The van der Waals surface area contributed by atoms with Crippen molar-refractivity contribution in [1.82, 2.24) is 0 Å². The third kappa shape index (κ3) is 5.73. The SMILES string of the molecule is Fc1ccc(OC(F)(F)c2ccc(C3CCC(/C=C/C4CCCCC4)CC3)cc2)cc1F. The van der Waals surface area contributed by atoms with Crippen molar-refractivity contribution in [3.8, 4) is 5.75 Å². The van der Waals surface area contributed by atoms with E-state index in [-0.39, 0.29) is 5.56 Å². The van der Waals surface area contributed by atoms with Crippen LogP contribution in [0.15, 0.2) is 54.6 Å². The lowest BCUT2D eigenvalue weighted by molar-refractivity contribution is -0.185. The second kappa shape index (κ2) is 10.1. The fourth-order valence-corrected chi connectivity index (χ4v) is 4.98. The molecule has 5 heteroatoms. The van der Waals surface area contributed by atoms with Gasteiger partial charge in [0.05, 0.1) is 5.56 Å².